The maximum Gasteiger partial charge on any atom is 0.349 e. The Balaban J connectivity index is 1.75. The molecule has 0 spiro atoms. The largest absolute Gasteiger partial charge is 0.421 e. The van der Waals surface area contributed by atoms with E-state index in [1.807, 2.05) is 0 Å². The van der Waals surface area contributed by atoms with E-state index in [-0.39, 0.29) is 35.0 Å². The summed E-state index contributed by atoms with van der Waals surface area (Å²) in [6, 6.07) is 7.02. The zero-order valence-corrected chi connectivity index (χ0v) is 19.4. The molecule has 0 unspecified atom stereocenters. The zero-order chi connectivity index (χ0) is 28.9. The SMILES string of the molecule is O=C(Oc1c2ccccc2c(OC(=O)c2c(F)cc(F)cc2F)c2c(F)ccc(F)c12)c1c(F)cc(F)cc1F. The standard InChI is InChI=1S/C28H10F8O4/c29-11-7-17(33)21(18(34)8-11)27(37)39-25-13-3-1-2-4-14(13)26(24-16(32)6-5-15(31)23(24)25)40-28(38)22-19(35)9-12(30)10-20(22)36/h1-10H. The highest BCUT2D eigenvalue weighted by Crippen LogP contribution is 2.45. The molecule has 0 aliphatic rings. The van der Waals surface area contributed by atoms with Crippen molar-refractivity contribution in [2.24, 2.45) is 0 Å². The third-order valence-corrected chi connectivity index (χ3v) is 5.79. The van der Waals surface area contributed by atoms with E-state index in [1.165, 1.54) is 24.3 Å². The van der Waals surface area contributed by atoms with Crippen molar-refractivity contribution in [3.63, 3.8) is 0 Å². The molecule has 0 saturated heterocycles. The molecule has 0 bridgehead atoms. The summed E-state index contributed by atoms with van der Waals surface area (Å²) in [6.07, 6.45) is 0. The van der Waals surface area contributed by atoms with Crippen LogP contribution >= 0.6 is 0 Å². The Morgan fingerprint density at radius 2 is 0.800 bits per heavy atom. The van der Waals surface area contributed by atoms with Crippen LogP contribution in [0.4, 0.5) is 35.1 Å². The third kappa shape index (κ3) is 4.46. The number of benzene rings is 5. The number of halogens is 8. The molecule has 5 rings (SSSR count). The molecule has 4 nitrogen and oxygen atoms in total. The van der Waals surface area contributed by atoms with E-state index in [2.05, 4.69) is 0 Å². The van der Waals surface area contributed by atoms with Gasteiger partial charge in [-0.25, -0.2) is 44.7 Å². The molecule has 0 N–H and O–H groups in total. The van der Waals surface area contributed by atoms with E-state index < -0.39 is 91.9 Å². The van der Waals surface area contributed by atoms with Crippen LogP contribution in [0.25, 0.3) is 21.5 Å². The van der Waals surface area contributed by atoms with Gasteiger partial charge in [0.25, 0.3) is 0 Å². The third-order valence-electron chi connectivity index (χ3n) is 5.79. The molecule has 5 aromatic rings. The van der Waals surface area contributed by atoms with Crippen molar-refractivity contribution >= 4 is 33.5 Å². The second kappa shape index (κ2) is 9.95. The molecule has 40 heavy (non-hydrogen) atoms. The van der Waals surface area contributed by atoms with Gasteiger partial charge in [-0.15, -0.1) is 0 Å². The average Bonchev–Trinajstić information content (AvgIpc) is 2.86. The molecule has 0 aromatic heterocycles. The van der Waals surface area contributed by atoms with Gasteiger partial charge in [0.1, 0.15) is 69.2 Å². The summed E-state index contributed by atoms with van der Waals surface area (Å²) in [5.74, 6) is -16.8. The van der Waals surface area contributed by atoms with Crippen LogP contribution in [0.5, 0.6) is 11.5 Å². The lowest BCUT2D eigenvalue weighted by molar-refractivity contribution is 0.0715. The molecule has 0 amide bonds. The van der Waals surface area contributed by atoms with Crippen LogP contribution in [0.1, 0.15) is 20.7 Å². The number of esters is 2. The first kappa shape index (κ1) is 26.6. The van der Waals surface area contributed by atoms with E-state index in [0.29, 0.717) is 12.1 Å². The highest BCUT2D eigenvalue weighted by atomic mass is 19.2. The van der Waals surface area contributed by atoms with Crippen LogP contribution in [-0.2, 0) is 0 Å². The summed E-state index contributed by atoms with van der Waals surface area (Å²) in [4.78, 5) is 25.5. The van der Waals surface area contributed by atoms with Gasteiger partial charge < -0.3 is 9.47 Å². The van der Waals surface area contributed by atoms with Crippen molar-refractivity contribution in [2.75, 3.05) is 0 Å². The topological polar surface area (TPSA) is 52.6 Å². The Bertz CT molecular complexity index is 1710. The smallest absolute Gasteiger partial charge is 0.349 e. The fourth-order valence-corrected chi connectivity index (χ4v) is 4.12. The second-order valence-electron chi connectivity index (χ2n) is 8.25. The molecule has 0 fully saturated rings. The molecule has 12 heteroatoms. The average molecular weight is 562 g/mol. The molecule has 0 aliphatic carbocycles. The van der Waals surface area contributed by atoms with Crippen molar-refractivity contribution in [3.8, 4) is 11.5 Å². The lowest BCUT2D eigenvalue weighted by Crippen LogP contribution is -2.16. The number of ether oxygens (including phenoxy) is 2. The van der Waals surface area contributed by atoms with E-state index in [1.54, 1.807) is 0 Å². The number of fused-ring (bicyclic) bond motifs is 2. The van der Waals surface area contributed by atoms with Crippen LogP contribution in [0, 0.1) is 46.5 Å². The van der Waals surface area contributed by atoms with Crippen LogP contribution < -0.4 is 9.47 Å². The molecular formula is C28H10F8O4. The molecule has 202 valence electrons. The van der Waals surface area contributed by atoms with E-state index in [0.717, 1.165) is 0 Å². The first-order valence-corrected chi connectivity index (χ1v) is 11.0. The Kier molecular flexibility index (Phi) is 6.62. The lowest BCUT2D eigenvalue weighted by atomic mass is 9.99. The van der Waals surface area contributed by atoms with Gasteiger partial charge in [0.15, 0.2) is 0 Å². The second-order valence-corrected chi connectivity index (χ2v) is 8.25. The van der Waals surface area contributed by atoms with Crippen molar-refractivity contribution in [3.05, 3.63) is 118 Å². The van der Waals surface area contributed by atoms with Gasteiger partial charge in [-0.3, -0.25) is 0 Å². The molecule has 0 saturated carbocycles. The minimum atomic E-state index is -1.75. The Labute approximate surface area is 218 Å². The number of carbonyl (C=O) groups is 2. The Morgan fingerprint density at radius 3 is 1.12 bits per heavy atom. The quantitative estimate of drug-likeness (QED) is 0.0983. The van der Waals surface area contributed by atoms with Crippen LogP contribution in [0.3, 0.4) is 0 Å². The summed E-state index contributed by atoms with van der Waals surface area (Å²) in [6.45, 7) is 0. The van der Waals surface area contributed by atoms with Gasteiger partial charge in [-0.1, -0.05) is 24.3 Å². The van der Waals surface area contributed by atoms with Gasteiger partial charge in [-0.2, -0.15) is 0 Å². The summed E-state index contributed by atoms with van der Waals surface area (Å²) >= 11 is 0. The number of hydrogen-bond acceptors (Lipinski definition) is 4. The van der Waals surface area contributed by atoms with Crippen LogP contribution in [0.15, 0.2) is 60.7 Å². The number of hydrogen-bond donors (Lipinski definition) is 0. The van der Waals surface area contributed by atoms with Crippen molar-refractivity contribution in [1.82, 2.24) is 0 Å². The predicted octanol–water partition coefficient (Wildman–Crippen LogP) is 7.54. The van der Waals surface area contributed by atoms with Crippen LogP contribution in [0.2, 0.25) is 0 Å². The first-order chi connectivity index (χ1) is 19.0. The minimum absolute atomic E-state index is 0.201. The number of carbonyl (C=O) groups excluding carboxylic acids is 2. The highest BCUT2D eigenvalue weighted by Gasteiger charge is 2.29. The van der Waals surface area contributed by atoms with E-state index >= 15 is 8.78 Å². The van der Waals surface area contributed by atoms with Crippen molar-refractivity contribution in [1.29, 1.82) is 0 Å². The maximum atomic E-state index is 15.2. The first-order valence-electron chi connectivity index (χ1n) is 11.0. The zero-order valence-electron chi connectivity index (χ0n) is 19.4. The minimum Gasteiger partial charge on any atom is -0.421 e. The summed E-state index contributed by atoms with van der Waals surface area (Å²) in [5, 5.41) is -2.23. The summed E-state index contributed by atoms with van der Waals surface area (Å²) in [5.41, 5.74) is -2.68. The molecule has 0 heterocycles. The van der Waals surface area contributed by atoms with Gasteiger partial charge in [0.05, 0.1) is 10.8 Å². The van der Waals surface area contributed by atoms with Crippen molar-refractivity contribution < 1.29 is 54.2 Å². The fourth-order valence-electron chi connectivity index (χ4n) is 4.12. The lowest BCUT2D eigenvalue weighted by Gasteiger charge is -2.17. The molecule has 0 aliphatic heterocycles. The van der Waals surface area contributed by atoms with Gasteiger partial charge in [0.2, 0.25) is 0 Å². The maximum absolute atomic E-state index is 15.2. The van der Waals surface area contributed by atoms with Crippen LogP contribution in [-0.4, -0.2) is 11.9 Å². The Hall–Kier alpha value is -5.00. The van der Waals surface area contributed by atoms with E-state index in [4.69, 9.17) is 9.47 Å². The van der Waals surface area contributed by atoms with Gasteiger partial charge in [-0.05, 0) is 12.1 Å². The normalized spacial score (nSPS) is 11.2. The molecular weight excluding hydrogens is 552 g/mol. The van der Waals surface area contributed by atoms with E-state index in [9.17, 15) is 35.9 Å². The summed E-state index contributed by atoms with van der Waals surface area (Å²) in [7, 11) is 0. The molecule has 5 aromatic carbocycles. The predicted molar refractivity (Wildman–Crippen MR) is 124 cm³/mol. The highest BCUT2D eigenvalue weighted by molar-refractivity contribution is 6.14. The monoisotopic (exact) mass is 562 g/mol. The van der Waals surface area contributed by atoms with Crippen molar-refractivity contribution in [2.45, 2.75) is 0 Å². The Morgan fingerprint density at radius 1 is 0.475 bits per heavy atom. The van der Waals surface area contributed by atoms with Gasteiger partial charge >= 0.3 is 11.9 Å². The number of rotatable bonds is 4. The summed E-state index contributed by atoms with van der Waals surface area (Å²) < 4.78 is 124. The molecule has 0 radical (unpaired) electrons. The molecule has 0 atom stereocenters. The van der Waals surface area contributed by atoms with Gasteiger partial charge in [0, 0.05) is 35.0 Å². The fraction of sp³-hybridized carbons (Fsp3) is 0.